The molecular weight excluding hydrogens is 232 g/mol. The predicted octanol–water partition coefficient (Wildman–Crippen LogP) is 3.91. The lowest BCUT2D eigenvalue weighted by Crippen LogP contribution is -2.44. The van der Waals surface area contributed by atoms with Crippen LogP contribution >= 0.6 is 0 Å². The van der Waals surface area contributed by atoms with E-state index in [9.17, 15) is 0 Å². The van der Waals surface area contributed by atoms with Crippen LogP contribution in [0, 0.1) is 11.3 Å². The molecule has 0 spiro atoms. The lowest BCUT2D eigenvalue weighted by atomic mass is 9.81. The van der Waals surface area contributed by atoms with Crippen LogP contribution in [0.5, 0.6) is 0 Å². The minimum atomic E-state index is 0.478. The normalized spacial score (nSPS) is 21.5. The Hall–Kier alpha value is -0.0800. The van der Waals surface area contributed by atoms with Crippen molar-refractivity contribution in [3.05, 3.63) is 0 Å². The molecule has 0 aromatic heterocycles. The minimum Gasteiger partial charge on any atom is -0.314 e. The minimum absolute atomic E-state index is 0.478. The van der Waals surface area contributed by atoms with Crippen molar-refractivity contribution in [3.8, 4) is 0 Å². The molecule has 0 bridgehead atoms. The van der Waals surface area contributed by atoms with Gasteiger partial charge in [-0.25, -0.2) is 0 Å². The molecule has 2 heteroatoms. The van der Waals surface area contributed by atoms with E-state index >= 15 is 0 Å². The summed E-state index contributed by atoms with van der Waals surface area (Å²) in [5.41, 5.74) is 0.478. The first-order valence-corrected chi connectivity index (χ1v) is 8.51. The Kier molecular flexibility index (Phi) is 7.38. The zero-order valence-electron chi connectivity index (χ0n) is 14.0. The molecule has 1 saturated heterocycles. The molecule has 19 heavy (non-hydrogen) atoms. The molecule has 0 amide bonds. The monoisotopic (exact) mass is 268 g/mol. The second-order valence-corrected chi connectivity index (χ2v) is 6.92. The first-order valence-electron chi connectivity index (χ1n) is 8.51. The molecule has 0 saturated carbocycles. The maximum atomic E-state index is 3.67. The van der Waals surface area contributed by atoms with E-state index in [0.717, 1.165) is 5.92 Å². The lowest BCUT2D eigenvalue weighted by molar-refractivity contribution is 0.148. The summed E-state index contributed by atoms with van der Waals surface area (Å²) < 4.78 is 0. The summed E-state index contributed by atoms with van der Waals surface area (Å²) >= 11 is 0. The lowest BCUT2D eigenvalue weighted by Gasteiger charge is -2.37. The smallest absolute Gasteiger partial charge is 0.00501 e. The molecule has 0 aromatic carbocycles. The Morgan fingerprint density at radius 1 is 1.21 bits per heavy atom. The van der Waals surface area contributed by atoms with E-state index in [4.69, 9.17) is 0 Å². The predicted molar refractivity (Wildman–Crippen MR) is 85.6 cm³/mol. The molecule has 1 aliphatic rings. The van der Waals surface area contributed by atoms with Crippen LogP contribution in [0.2, 0.25) is 0 Å². The van der Waals surface area contributed by atoms with E-state index in [1.807, 2.05) is 0 Å². The topological polar surface area (TPSA) is 15.3 Å². The summed E-state index contributed by atoms with van der Waals surface area (Å²) in [6, 6.07) is 0.601. The molecule has 1 rings (SSSR count). The zero-order valence-corrected chi connectivity index (χ0v) is 14.0. The molecule has 1 fully saturated rings. The standard InChI is InChI=1S/C17H36N2/c1-6-9-16-10-11-19(12-16)14-17(7-2,8-3)13-18-15(4)5/h15-16,18H,6-14H2,1-5H3. The van der Waals surface area contributed by atoms with Crippen LogP contribution in [0.1, 0.15) is 66.7 Å². The van der Waals surface area contributed by atoms with E-state index in [1.165, 1.54) is 58.3 Å². The van der Waals surface area contributed by atoms with Gasteiger partial charge in [0.15, 0.2) is 0 Å². The van der Waals surface area contributed by atoms with Crippen molar-refractivity contribution in [2.24, 2.45) is 11.3 Å². The van der Waals surface area contributed by atoms with Crippen LogP contribution in [-0.4, -0.2) is 37.1 Å². The molecule has 0 aromatic rings. The summed E-state index contributed by atoms with van der Waals surface area (Å²) in [6.07, 6.45) is 6.78. The van der Waals surface area contributed by atoms with E-state index in [-0.39, 0.29) is 0 Å². The van der Waals surface area contributed by atoms with Crippen molar-refractivity contribution in [2.45, 2.75) is 72.8 Å². The largest absolute Gasteiger partial charge is 0.314 e. The highest BCUT2D eigenvalue weighted by atomic mass is 15.2. The third-order valence-corrected chi connectivity index (χ3v) is 5.01. The number of hydrogen-bond acceptors (Lipinski definition) is 2. The van der Waals surface area contributed by atoms with Gasteiger partial charge in [-0.1, -0.05) is 41.0 Å². The van der Waals surface area contributed by atoms with Gasteiger partial charge in [-0.05, 0) is 43.6 Å². The van der Waals surface area contributed by atoms with Crippen molar-refractivity contribution >= 4 is 0 Å². The fraction of sp³-hybridized carbons (Fsp3) is 1.00. The van der Waals surface area contributed by atoms with Gasteiger partial charge in [0, 0.05) is 25.7 Å². The van der Waals surface area contributed by atoms with Gasteiger partial charge < -0.3 is 10.2 Å². The maximum absolute atomic E-state index is 3.67. The van der Waals surface area contributed by atoms with Crippen LogP contribution in [0.15, 0.2) is 0 Å². The Labute approximate surface area is 121 Å². The summed E-state index contributed by atoms with van der Waals surface area (Å²) in [4.78, 5) is 2.73. The molecular formula is C17H36N2. The van der Waals surface area contributed by atoms with Gasteiger partial charge in [-0.2, -0.15) is 0 Å². The second kappa shape index (κ2) is 8.26. The van der Waals surface area contributed by atoms with Gasteiger partial charge in [-0.3, -0.25) is 0 Å². The van der Waals surface area contributed by atoms with Crippen molar-refractivity contribution in [3.63, 3.8) is 0 Å². The van der Waals surface area contributed by atoms with Crippen molar-refractivity contribution < 1.29 is 0 Å². The average molecular weight is 268 g/mol. The average Bonchev–Trinajstić information content (AvgIpc) is 2.82. The number of likely N-dealkylation sites (tertiary alicyclic amines) is 1. The van der Waals surface area contributed by atoms with Crippen molar-refractivity contribution in [2.75, 3.05) is 26.2 Å². The summed E-state index contributed by atoms with van der Waals surface area (Å²) in [6.45, 7) is 16.7. The van der Waals surface area contributed by atoms with Gasteiger partial charge in [0.1, 0.15) is 0 Å². The quantitative estimate of drug-likeness (QED) is 0.682. The molecule has 1 N–H and O–H groups in total. The number of hydrogen-bond donors (Lipinski definition) is 1. The van der Waals surface area contributed by atoms with Gasteiger partial charge in [0.25, 0.3) is 0 Å². The first-order chi connectivity index (χ1) is 9.05. The summed E-state index contributed by atoms with van der Waals surface area (Å²) in [5.74, 6) is 0.967. The highest BCUT2D eigenvalue weighted by Gasteiger charge is 2.32. The maximum Gasteiger partial charge on any atom is 0.00501 e. The molecule has 2 nitrogen and oxygen atoms in total. The van der Waals surface area contributed by atoms with E-state index in [2.05, 4.69) is 44.8 Å². The highest BCUT2D eigenvalue weighted by Crippen LogP contribution is 2.30. The second-order valence-electron chi connectivity index (χ2n) is 6.92. The van der Waals surface area contributed by atoms with Crippen LogP contribution in [0.25, 0.3) is 0 Å². The van der Waals surface area contributed by atoms with Gasteiger partial charge in [0.2, 0.25) is 0 Å². The van der Waals surface area contributed by atoms with Crippen molar-refractivity contribution in [1.29, 1.82) is 0 Å². The molecule has 0 aliphatic carbocycles. The Balaban J connectivity index is 2.49. The molecule has 0 radical (unpaired) electrons. The van der Waals surface area contributed by atoms with Crippen LogP contribution < -0.4 is 5.32 Å². The molecule has 114 valence electrons. The van der Waals surface area contributed by atoms with Gasteiger partial charge >= 0.3 is 0 Å². The third kappa shape index (κ3) is 5.43. The van der Waals surface area contributed by atoms with E-state index in [0.29, 0.717) is 11.5 Å². The fourth-order valence-corrected chi connectivity index (χ4v) is 3.37. The molecule has 1 aliphatic heterocycles. The number of nitrogens with one attached hydrogen (secondary N) is 1. The molecule has 1 atom stereocenters. The van der Waals surface area contributed by atoms with Crippen LogP contribution in [0.3, 0.4) is 0 Å². The number of rotatable bonds is 9. The van der Waals surface area contributed by atoms with Gasteiger partial charge in [0.05, 0.1) is 0 Å². The highest BCUT2D eigenvalue weighted by molar-refractivity contribution is 4.86. The Bertz CT molecular complexity index is 233. The summed E-state index contributed by atoms with van der Waals surface area (Å²) in [7, 11) is 0. The van der Waals surface area contributed by atoms with E-state index in [1.54, 1.807) is 0 Å². The van der Waals surface area contributed by atoms with Crippen LogP contribution in [-0.2, 0) is 0 Å². The summed E-state index contributed by atoms with van der Waals surface area (Å²) in [5, 5.41) is 3.67. The zero-order chi connectivity index (χ0) is 14.3. The Morgan fingerprint density at radius 2 is 1.89 bits per heavy atom. The molecule has 1 unspecified atom stereocenters. The third-order valence-electron chi connectivity index (χ3n) is 5.01. The van der Waals surface area contributed by atoms with Crippen molar-refractivity contribution in [1.82, 2.24) is 10.2 Å². The van der Waals surface area contributed by atoms with Gasteiger partial charge in [-0.15, -0.1) is 0 Å². The van der Waals surface area contributed by atoms with E-state index < -0.39 is 0 Å². The SMILES string of the molecule is CCCC1CCN(CC(CC)(CC)CNC(C)C)C1. The van der Waals surface area contributed by atoms with Crippen LogP contribution in [0.4, 0.5) is 0 Å². The number of nitrogens with zero attached hydrogens (tertiary/aromatic N) is 1. The first kappa shape index (κ1) is 17.0. The molecule has 1 heterocycles. The Morgan fingerprint density at radius 3 is 2.42 bits per heavy atom. The fourth-order valence-electron chi connectivity index (χ4n) is 3.37.